The molecule has 28 heavy (non-hydrogen) atoms. The van der Waals surface area contributed by atoms with Gasteiger partial charge in [-0.25, -0.2) is 14.4 Å². The van der Waals surface area contributed by atoms with Crippen LogP contribution in [0.25, 0.3) is 16.7 Å². The van der Waals surface area contributed by atoms with Gasteiger partial charge < -0.3 is 0 Å². The Balaban J connectivity index is 1.82. The number of alkyl halides is 3. The van der Waals surface area contributed by atoms with Crippen LogP contribution in [0.5, 0.6) is 0 Å². The maximum Gasteiger partial charge on any atom is 0.391 e. The van der Waals surface area contributed by atoms with Gasteiger partial charge in [0.1, 0.15) is 11.6 Å². The summed E-state index contributed by atoms with van der Waals surface area (Å²) in [4.78, 5) is 21.8. The summed E-state index contributed by atoms with van der Waals surface area (Å²) in [6, 6.07) is 8.68. The van der Waals surface area contributed by atoms with Crippen LogP contribution < -0.4 is 5.56 Å². The van der Waals surface area contributed by atoms with Crippen LogP contribution in [0.3, 0.4) is 0 Å². The standard InChI is InChI=1S/C20H17F4N3O/c21-14-7-9-15(10-8-14)27-18(12-3-5-13(6-4-12)20(22,23)24)26-16-2-1-11-25-17(16)19(27)28/h1-2,7-13H,3-6H2/t12-,13+. The van der Waals surface area contributed by atoms with Crippen LogP contribution in [-0.2, 0) is 0 Å². The van der Waals surface area contributed by atoms with E-state index < -0.39 is 23.5 Å². The molecule has 2 aromatic heterocycles. The smallest absolute Gasteiger partial charge is 0.266 e. The first-order valence-electron chi connectivity index (χ1n) is 9.05. The van der Waals surface area contributed by atoms with E-state index in [0.29, 0.717) is 17.0 Å². The van der Waals surface area contributed by atoms with Gasteiger partial charge in [0, 0.05) is 12.1 Å². The Kier molecular flexibility index (Phi) is 4.64. The Hall–Kier alpha value is -2.77. The van der Waals surface area contributed by atoms with E-state index in [0.717, 1.165) is 0 Å². The number of halogens is 4. The first-order valence-corrected chi connectivity index (χ1v) is 9.05. The van der Waals surface area contributed by atoms with Crippen molar-refractivity contribution >= 4 is 11.0 Å². The lowest BCUT2D eigenvalue weighted by atomic mass is 9.81. The molecule has 0 saturated heterocycles. The minimum atomic E-state index is -4.21. The van der Waals surface area contributed by atoms with E-state index >= 15 is 0 Å². The van der Waals surface area contributed by atoms with Crippen molar-refractivity contribution in [3.05, 3.63) is 64.6 Å². The molecule has 3 aromatic rings. The van der Waals surface area contributed by atoms with Gasteiger partial charge in [-0.2, -0.15) is 13.2 Å². The summed E-state index contributed by atoms with van der Waals surface area (Å²) >= 11 is 0. The molecule has 1 aromatic carbocycles. The number of aromatic nitrogens is 3. The summed E-state index contributed by atoms with van der Waals surface area (Å²) in [6.45, 7) is 0. The van der Waals surface area contributed by atoms with E-state index in [2.05, 4.69) is 9.97 Å². The molecule has 8 heteroatoms. The van der Waals surface area contributed by atoms with Crippen LogP contribution in [0.1, 0.15) is 37.4 Å². The van der Waals surface area contributed by atoms with E-state index in [-0.39, 0.29) is 37.1 Å². The number of fused-ring (bicyclic) bond motifs is 1. The molecule has 0 bridgehead atoms. The quantitative estimate of drug-likeness (QED) is 0.592. The minimum Gasteiger partial charge on any atom is -0.266 e. The van der Waals surface area contributed by atoms with Crippen LogP contribution in [0.4, 0.5) is 17.6 Å². The summed E-state index contributed by atoms with van der Waals surface area (Å²) < 4.78 is 53.7. The van der Waals surface area contributed by atoms with Gasteiger partial charge >= 0.3 is 6.18 Å². The van der Waals surface area contributed by atoms with Crippen molar-refractivity contribution in [3.63, 3.8) is 0 Å². The van der Waals surface area contributed by atoms with Gasteiger partial charge in [-0.3, -0.25) is 9.36 Å². The topological polar surface area (TPSA) is 47.8 Å². The predicted molar refractivity (Wildman–Crippen MR) is 95.8 cm³/mol. The third-order valence-corrected chi connectivity index (χ3v) is 5.30. The molecule has 146 valence electrons. The molecule has 0 N–H and O–H groups in total. The fraction of sp³-hybridized carbons (Fsp3) is 0.350. The fourth-order valence-electron chi connectivity index (χ4n) is 3.83. The van der Waals surface area contributed by atoms with Crippen molar-refractivity contribution in [1.82, 2.24) is 14.5 Å². The van der Waals surface area contributed by atoms with Crippen LogP contribution in [0.2, 0.25) is 0 Å². The molecule has 0 amide bonds. The van der Waals surface area contributed by atoms with Crippen molar-refractivity contribution < 1.29 is 17.6 Å². The van der Waals surface area contributed by atoms with Gasteiger partial charge in [0.15, 0.2) is 5.52 Å². The predicted octanol–water partition coefficient (Wildman–Crippen LogP) is 4.76. The highest BCUT2D eigenvalue weighted by molar-refractivity contribution is 5.73. The zero-order valence-corrected chi connectivity index (χ0v) is 14.8. The van der Waals surface area contributed by atoms with Gasteiger partial charge in [0.2, 0.25) is 0 Å². The van der Waals surface area contributed by atoms with E-state index in [1.54, 1.807) is 12.1 Å². The first kappa shape index (κ1) is 18.6. The molecule has 2 heterocycles. The second-order valence-electron chi connectivity index (χ2n) is 7.05. The molecule has 0 unspecified atom stereocenters. The number of hydrogen-bond acceptors (Lipinski definition) is 3. The van der Waals surface area contributed by atoms with Crippen molar-refractivity contribution in [1.29, 1.82) is 0 Å². The largest absolute Gasteiger partial charge is 0.391 e. The number of pyridine rings is 1. The Morgan fingerprint density at radius 1 is 1.00 bits per heavy atom. The highest BCUT2D eigenvalue weighted by atomic mass is 19.4. The normalized spacial score (nSPS) is 20.4. The van der Waals surface area contributed by atoms with Gasteiger partial charge in [0.25, 0.3) is 5.56 Å². The maximum absolute atomic E-state index is 13.3. The monoisotopic (exact) mass is 391 g/mol. The van der Waals surface area contributed by atoms with Crippen molar-refractivity contribution in [2.24, 2.45) is 5.92 Å². The Morgan fingerprint density at radius 3 is 2.32 bits per heavy atom. The second-order valence-corrected chi connectivity index (χ2v) is 7.05. The molecule has 0 radical (unpaired) electrons. The van der Waals surface area contributed by atoms with E-state index in [9.17, 15) is 22.4 Å². The average molecular weight is 391 g/mol. The molecular weight excluding hydrogens is 374 g/mol. The van der Waals surface area contributed by atoms with Crippen LogP contribution >= 0.6 is 0 Å². The maximum atomic E-state index is 13.3. The molecule has 4 rings (SSSR count). The second kappa shape index (κ2) is 7.00. The lowest BCUT2D eigenvalue weighted by Gasteiger charge is -2.30. The van der Waals surface area contributed by atoms with Gasteiger partial charge in [0.05, 0.1) is 17.1 Å². The van der Waals surface area contributed by atoms with Crippen molar-refractivity contribution in [2.45, 2.75) is 37.8 Å². The lowest BCUT2D eigenvalue weighted by molar-refractivity contribution is -0.182. The Labute approximate surface area is 157 Å². The average Bonchev–Trinajstić information content (AvgIpc) is 2.68. The summed E-state index contributed by atoms with van der Waals surface area (Å²) in [5.74, 6) is -1.66. The van der Waals surface area contributed by atoms with Crippen molar-refractivity contribution in [2.75, 3.05) is 0 Å². The number of hydrogen-bond donors (Lipinski definition) is 0. The first-order chi connectivity index (χ1) is 13.3. The zero-order valence-electron chi connectivity index (χ0n) is 14.8. The number of benzene rings is 1. The van der Waals surface area contributed by atoms with Crippen LogP contribution in [0, 0.1) is 11.7 Å². The van der Waals surface area contributed by atoms with Crippen LogP contribution in [-0.4, -0.2) is 20.7 Å². The molecule has 0 aliphatic heterocycles. The molecule has 0 spiro atoms. The van der Waals surface area contributed by atoms with Gasteiger partial charge in [-0.1, -0.05) is 0 Å². The molecule has 4 nitrogen and oxygen atoms in total. The Bertz CT molecular complexity index is 1050. The number of nitrogens with zero attached hydrogens (tertiary/aromatic N) is 3. The summed E-state index contributed by atoms with van der Waals surface area (Å²) in [5.41, 5.74) is 0.572. The van der Waals surface area contributed by atoms with E-state index in [1.165, 1.54) is 35.0 Å². The molecular formula is C20H17F4N3O. The minimum absolute atomic E-state index is 0.00146. The summed E-state index contributed by atoms with van der Waals surface area (Å²) in [6.07, 6.45) is -2.17. The summed E-state index contributed by atoms with van der Waals surface area (Å²) in [7, 11) is 0. The van der Waals surface area contributed by atoms with E-state index in [1.807, 2.05) is 0 Å². The molecule has 0 atom stereocenters. The molecule has 1 aliphatic rings. The summed E-state index contributed by atoms with van der Waals surface area (Å²) in [5, 5.41) is 0. The number of rotatable bonds is 2. The van der Waals surface area contributed by atoms with Gasteiger partial charge in [-0.05, 0) is 62.1 Å². The Morgan fingerprint density at radius 2 is 1.68 bits per heavy atom. The molecule has 1 saturated carbocycles. The molecule has 1 fully saturated rings. The lowest BCUT2D eigenvalue weighted by Crippen LogP contribution is -2.31. The van der Waals surface area contributed by atoms with E-state index in [4.69, 9.17) is 0 Å². The zero-order chi connectivity index (χ0) is 19.9. The SMILES string of the molecule is O=c1c2ncccc2nc([C@H]2CC[C@@H](C(F)(F)F)CC2)n1-c1ccc(F)cc1. The third-order valence-electron chi connectivity index (χ3n) is 5.30. The van der Waals surface area contributed by atoms with Crippen molar-refractivity contribution in [3.8, 4) is 5.69 Å². The third kappa shape index (κ3) is 3.39. The van der Waals surface area contributed by atoms with Gasteiger partial charge in [-0.15, -0.1) is 0 Å². The fourth-order valence-corrected chi connectivity index (χ4v) is 3.83. The highest BCUT2D eigenvalue weighted by Gasteiger charge is 2.42. The molecule has 1 aliphatic carbocycles. The van der Waals surface area contributed by atoms with Crippen LogP contribution in [0.15, 0.2) is 47.4 Å². The highest BCUT2D eigenvalue weighted by Crippen LogP contribution is 2.42.